The summed E-state index contributed by atoms with van der Waals surface area (Å²) in [6.07, 6.45) is 6.42. The van der Waals surface area contributed by atoms with Crippen LogP contribution in [0, 0.1) is 5.82 Å². The van der Waals surface area contributed by atoms with Crippen LogP contribution in [0.2, 0.25) is 0 Å². The van der Waals surface area contributed by atoms with E-state index in [1.54, 1.807) is 22.0 Å². The summed E-state index contributed by atoms with van der Waals surface area (Å²) in [7, 11) is 0. The molecular weight excluding hydrogens is 299 g/mol. The zero-order valence-corrected chi connectivity index (χ0v) is 12.4. The van der Waals surface area contributed by atoms with E-state index >= 15 is 0 Å². The van der Waals surface area contributed by atoms with E-state index in [-0.39, 0.29) is 17.5 Å². The second kappa shape index (κ2) is 5.49. The molecule has 6 nitrogen and oxygen atoms in total. The van der Waals surface area contributed by atoms with Crippen LogP contribution in [-0.2, 0) is 0 Å². The predicted molar refractivity (Wildman–Crippen MR) is 80.4 cm³/mol. The summed E-state index contributed by atoms with van der Waals surface area (Å²) in [6.45, 7) is 1.17. The Hall–Kier alpha value is -2.70. The van der Waals surface area contributed by atoms with Crippen molar-refractivity contribution in [3.63, 3.8) is 0 Å². The Morgan fingerprint density at radius 1 is 1.39 bits per heavy atom. The molecule has 1 aliphatic heterocycles. The number of carbonyl (C=O) groups excluding carboxylic acids is 1. The number of nitrogens with zero attached hydrogens (tertiary/aromatic N) is 4. The maximum Gasteiger partial charge on any atom is 0.257 e. The van der Waals surface area contributed by atoms with Gasteiger partial charge in [0, 0.05) is 18.5 Å². The first kappa shape index (κ1) is 13.9. The monoisotopic (exact) mass is 314 g/mol. The van der Waals surface area contributed by atoms with Crippen molar-refractivity contribution < 1.29 is 13.6 Å². The Labute approximate surface area is 131 Å². The number of furan rings is 1. The van der Waals surface area contributed by atoms with E-state index in [2.05, 4.69) is 10.1 Å². The molecule has 2 aromatic heterocycles. The first-order chi connectivity index (χ1) is 11.2. The maximum atomic E-state index is 13.8. The topological polar surface area (TPSA) is 64.2 Å². The number of carbonyl (C=O) groups is 1. The molecule has 1 atom stereocenters. The van der Waals surface area contributed by atoms with Crippen molar-refractivity contribution in [2.75, 3.05) is 13.1 Å². The quantitative estimate of drug-likeness (QED) is 0.729. The molecule has 1 saturated heterocycles. The van der Waals surface area contributed by atoms with Gasteiger partial charge in [-0.3, -0.25) is 4.79 Å². The van der Waals surface area contributed by atoms with E-state index in [0.717, 1.165) is 12.8 Å². The minimum atomic E-state index is -0.438. The van der Waals surface area contributed by atoms with Gasteiger partial charge in [-0.1, -0.05) is 0 Å². The van der Waals surface area contributed by atoms with E-state index in [1.165, 1.54) is 24.7 Å². The molecule has 1 aromatic carbocycles. The first-order valence-corrected chi connectivity index (χ1v) is 7.52. The standard InChI is InChI=1S/C16H15FN4O2/c17-12-6-11-3-5-23-15(11)14(7-12)16(22)20-4-1-2-13(8-20)21-10-18-9-19-21/h3,5-7,9-10,13H,1-2,4,8H2. The fraction of sp³-hybridized carbons (Fsp3) is 0.312. The zero-order valence-electron chi connectivity index (χ0n) is 12.4. The largest absolute Gasteiger partial charge is 0.464 e. The van der Waals surface area contributed by atoms with Crippen molar-refractivity contribution in [2.24, 2.45) is 0 Å². The highest BCUT2D eigenvalue weighted by molar-refractivity contribution is 6.04. The molecule has 0 N–H and O–H groups in total. The average molecular weight is 314 g/mol. The van der Waals surface area contributed by atoms with E-state index in [9.17, 15) is 9.18 Å². The molecule has 0 saturated carbocycles. The SMILES string of the molecule is O=C(c1cc(F)cc2ccoc12)N1CCCC(n2cncn2)C1. The van der Waals surface area contributed by atoms with Gasteiger partial charge >= 0.3 is 0 Å². The molecule has 3 heterocycles. The van der Waals surface area contributed by atoms with Gasteiger partial charge in [0.1, 0.15) is 24.1 Å². The molecule has 1 fully saturated rings. The lowest BCUT2D eigenvalue weighted by Crippen LogP contribution is -2.41. The van der Waals surface area contributed by atoms with Gasteiger partial charge in [0.15, 0.2) is 0 Å². The fourth-order valence-electron chi connectivity index (χ4n) is 3.14. The summed E-state index contributed by atoms with van der Waals surface area (Å²) in [5.74, 6) is -0.652. The van der Waals surface area contributed by atoms with E-state index in [1.807, 2.05) is 0 Å². The van der Waals surface area contributed by atoms with Crippen molar-refractivity contribution in [3.05, 3.63) is 48.5 Å². The van der Waals surface area contributed by atoms with Crippen molar-refractivity contribution in [1.82, 2.24) is 19.7 Å². The maximum absolute atomic E-state index is 13.8. The molecule has 0 aliphatic carbocycles. The number of hydrogen-bond donors (Lipinski definition) is 0. The van der Waals surface area contributed by atoms with Crippen LogP contribution in [0.5, 0.6) is 0 Å². The Morgan fingerprint density at radius 2 is 2.30 bits per heavy atom. The molecule has 7 heteroatoms. The second-order valence-corrected chi connectivity index (χ2v) is 5.72. The van der Waals surface area contributed by atoms with Gasteiger partial charge in [-0.2, -0.15) is 5.10 Å². The number of hydrogen-bond acceptors (Lipinski definition) is 4. The third-order valence-corrected chi connectivity index (χ3v) is 4.24. The molecule has 0 bridgehead atoms. The number of benzene rings is 1. The summed E-state index contributed by atoms with van der Waals surface area (Å²) in [5.41, 5.74) is 0.698. The van der Waals surface area contributed by atoms with Gasteiger partial charge in [-0.25, -0.2) is 14.1 Å². The van der Waals surface area contributed by atoms with Crippen LogP contribution >= 0.6 is 0 Å². The molecule has 23 heavy (non-hydrogen) atoms. The fourth-order valence-corrected chi connectivity index (χ4v) is 3.14. The molecule has 0 radical (unpaired) electrons. The van der Waals surface area contributed by atoms with E-state index < -0.39 is 5.82 Å². The summed E-state index contributed by atoms with van der Waals surface area (Å²) in [4.78, 5) is 18.5. The normalized spacial score (nSPS) is 18.5. The Bertz CT molecular complexity index is 843. The minimum Gasteiger partial charge on any atom is -0.464 e. The van der Waals surface area contributed by atoms with Gasteiger partial charge in [0.25, 0.3) is 5.91 Å². The highest BCUT2D eigenvalue weighted by Crippen LogP contribution is 2.26. The van der Waals surface area contributed by atoms with Gasteiger partial charge in [0.2, 0.25) is 0 Å². The number of likely N-dealkylation sites (tertiary alicyclic amines) is 1. The number of rotatable bonds is 2. The van der Waals surface area contributed by atoms with Crippen molar-refractivity contribution in [3.8, 4) is 0 Å². The summed E-state index contributed by atoms with van der Waals surface area (Å²) >= 11 is 0. The summed E-state index contributed by atoms with van der Waals surface area (Å²) in [6, 6.07) is 4.36. The van der Waals surface area contributed by atoms with Gasteiger partial charge in [-0.15, -0.1) is 0 Å². The van der Waals surface area contributed by atoms with Crippen LogP contribution in [-0.4, -0.2) is 38.7 Å². The molecule has 4 rings (SSSR count). The van der Waals surface area contributed by atoms with Crippen molar-refractivity contribution in [1.29, 1.82) is 0 Å². The Balaban J connectivity index is 1.64. The molecule has 0 spiro atoms. The van der Waals surface area contributed by atoms with Crippen LogP contribution in [0.15, 0.2) is 41.5 Å². The number of fused-ring (bicyclic) bond motifs is 1. The molecular formula is C16H15FN4O2. The van der Waals surface area contributed by atoms with Crippen LogP contribution in [0.1, 0.15) is 29.2 Å². The van der Waals surface area contributed by atoms with Crippen LogP contribution in [0.3, 0.4) is 0 Å². The number of amides is 1. The van der Waals surface area contributed by atoms with Gasteiger partial charge in [0.05, 0.1) is 17.9 Å². The zero-order chi connectivity index (χ0) is 15.8. The van der Waals surface area contributed by atoms with Crippen LogP contribution < -0.4 is 0 Å². The summed E-state index contributed by atoms with van der Waals surface area (Å²) in [5, 5.41) is 4.75. The molecule has 1 aliphatic rings. The lowest BCUT2D eigenvalue weighted by molar-refractivity contribution is 0.0673. The van der Waals surface area contributed by atoms with Gasteiger partial charge < -0.3 is 9.32 Å². The molecule has 118 valence electrons. The number of piperidine rings is 1. The highest BCUT2D eigenvalue weighted by atomic mass is 19.1. The lowest BCUT2D eigenvalue weighted by atomic mass is 10.0. The van der Waals surface area contributed by atoms with Crippen LogP contribution in [0.25, 0.3) is 11.0 Å². The molecule has 1 amide bonds. The van der Waals surface area contributed by atoms with E-state index in [4.69, 9.17) is 4.42 Å². The second-order valence-electron chi connectivity index (χ2n) is 5.72. The number of aromatic nitrogens is 3. The molecule has 1 unspecified atom stereocenters. The number of halogens is 1. The van der Waals surface area contributed by atoms with E-state index in [0.29, 0.717) is 24.1 Å². The van der Waals surface area contributed by atoms with Crippen molar-refractivity contribution >= 4 is 16.9 Å². The average Bonchev–Trinajstić information content (AvgIpc) is 3.24. The van der Waals surface area contributed by atoms with Crippen LogP contribution in [0.4, 0.5) is 4.39 Å². The lowest BCUT2D eigenvalue weighted by Gasteiger charge is -2.32. The minimum absolute atomic E-state index is 0.0934. The van der Waals surface area contributed by atoms with Crippen molar-refractivity contribution in [2.45, 2.75) is 18.9 Å². The smallest absolute Gasteiger partial charge is 0.257 e. The highest BCUT2D eigenvalue weighted by Gasteiger charge is 2.27. The first-order valence-electron chi connectivity index (χ1n) is 7.52. The molecule has 3 aromatic rings. The third-order valence-electron chi connectivity index (χ3n) is 4.24. The Morgan fingerprint density at radius 3 is 3.13 bits per heavy atom. The predicted octanol–water partition coefficient (Wildman–Crippen LogP) is 2.64. The Kier molecular flexibility index (Phi) is 3.33. The summed E-state index contributed by atoms with van der Waals surface area (Å²) < 4.78 is 20.9. The van der Waals surface area contributed by atoms with Gasteiger partial charge in [-0.05, 0) is 31.0 Å². The third kappa shape index (κ3) is 2.48.